The summed E-state index contributed by atoms with van der Waals surface area (Å²) in [5.41, 5.74) is 1.67. The highest BCUT2D eigenvalue weighted by atomic mass is 16.5. The minimum absolute atomic E-state index is 0.196. The van der Waals surface area contributed by atoms with Crippen LogP contribution in [0.1, 0.15) is 122 Å². The molecule has 0 N–H and O–H groups in total. The summed E-state index contributed by atoms with van der Waals surface area (Å²) in [6.07, 6.45) is 23.4. The molecule has 0 aliphatic carbocycles. The van der Waals surface area contributed by atoms with Gasteiger partial charge in [-0.3, -0.25) is 9.59 Å². The Kier molecular flexibility index (Phi) is 14.8. The highest BCUT2D eigenvalue weighted by molar-refractivity contribution is 5.78. The summed E-state index contributed by atoms with van der Waals surface area (Å²) in [7, 11) is 0. The van der Waals surface area contributed by atoms with Gasteiger partial charge in [-0.25, -0.2) is 0 Å². The Labute approximate surface area is 232 Å². The number of nitrogens with zero attached hydrogens (tertiary/aromatic N) is 2. The molecule has 5 rings (SSSR count). The number of rotatable bonds is 0. The van der Waals surface area contributed by atoms with E-state index in [-0.39, 0.29) is 11.3 Å². The summed E-state index contributed by atoms with van der Waals surface area (Å²) in [4.78, 5) is 29.3. The number of fused-ring (bicyclic) bond motifs is 1. The molecular formula is C32H56N2O4. The van der Waals surface area contributed by atoms with Crippen molar-refractivity contribution >= 4 is 11.8 Å². The molecule has 0 saturated carbocycles. The zero-order valence-electron chi connectivity index (χ0n) is 24.5. The number of carbonyl (C=O) groups is 2. The van der Waals surface area contributed by atoms with Crippen molar-refractivity contribution in [1.82, 2.24) is 9.80 Å². The highest BCUT2D eigenvalue weighted by Gasteiger charge is 2.46. The summed E-state index contributed by atoms with van der Waals surface area (Å²) in [6, 6.07) is 0. The van der Waals surface area contributed by atoms with Gasteiger partial charge in [0.15, 0.2) is 0 Å². The largest absolute Gasteiger partial charge is 0.379 e. The van der Waals surface area contributed by atoms with E-state index in [4.69, 9.17) is 9.47 Å². The molecule has 5 aliphatic heterocycles. The van der Waals surface area contributed by atoms with E-state index in [1.54, 1.807) is 0 Å². The fourth-order valence-corrected chi connectivity index (χ4v) is 6.16. The first-order chi connectivity index (χ1) is 18.6. The quantitative estimate of drug-likeness (QED) is 0.327. The topological polar surface area (TPSA) is 59.1 Å². The van der Waals surface area contributed by atoms with E-state index < -0.39 is 0 Å². The van der Waals surface area contributed by atoms with E-state index in [9.17, 15) is 9.59 Å². The minimum Gasteiger partial charge on any atom is -0.379 e. The molecule has 3 bridgehead atoms. The van der Waals surface area contributed by atoms with E-state index in [0.29, 0.717) is 38.6 Å². The molecule has 38 heavy (non-hydrogen) atoms. The van der Waals surface area contributed by atoms with Crippen molar-refractivity contribution in [1.29, 1.82) is 0 Å². The Morgan fingerprint density at radius 3 is 1.71 bits per heavy atom. The van der Waals surface area contributed by atoms with Crippen molar-refractivity contribution in [3.05, 3.63) is 11.6 Å². The van der Waals surface area contributed by atoms with E-state index in [1.807, 2.05) is 4.90 Å². The molecule has 218 valence electrons. The fraction of sp³-hybridized carbons (Fsp3) is 0.875. The number of allylic oxidation sites excluding steroid dienone is 1. The van der Waals surface area contributed by atoms with E-state index >= 15 is 0 Å². The zero-order chi connectivity index (χ0) is 26.9. The monoisotopic (exact) mass is 532 g/mol. The molecule has 0 aromatic rings. The first-order valence-corrected chi connectivity index (χ1v) is 15.9. The SMILES string of the molecule is C/C1=C/CCCCCCCCCCCCCCC(=O)N2CCC3(CC2)CN(C3)C(=O)CCOCCOCC1. The van der Waals surface area contributed by atoms with Crippen LogP contribution in [-0.4, -0.2) is 74.2 Å². The second-order valence-electron chi connectivity index (χ2n) is 12.2. The van der Waals surface area contributed by atoms with Crippen LogP contribution in [-0.2, 0) is 19.1 Å². The lowest BCUT2D eigenvalue weighted by Crippen LogP contribution is -2.62. The van der Waals surface area contributed by atoms with Gasteiger partial charge < -0.3 is 19.3 Å². The van der Waals surface area contributed by atoms with Crippen LogP contribution in [0.15, 0.2) is 11.6 Å². The van der Waals surface area contributed by atoms with Crippen LogP contribution in [0, 0.1) is 5.41 Å². The van der Waals surface area contributed by atoms with Gasteiger partial charge in [0.05, 0.1) is 32.8 Å². The second kappa shape index (κ2) is 18.0. The number of hydrogen-bond donors (Lipinski definition) is 0. The van der Waals surface area contributed by atoms with Crippen molar-refractivity contribution in [2.45, 2.75) is 122 Å². The standard InChI is InChI=1S/C32H56N2O4/c1-29-15-13-11-9-7-5-3-2-4-6-8-10-12-14-16-30(35)33-21-19-32(20-22-33)27-34(28-32)31(36)18-24-38-26-25-37-23-17-29/h15H,2-14,16-28H2,1H3/b29-15-. The van der Waals surface area contributed by atoms with Gasteiger partial charge in [0.2, 0.25) is 11.8 Å². The molecule has 0 aromatic carbocycles. The molecule has 2 saturated heterocycles. The van der Waals surface area contributed by atoms with Gasteiger partial charge in [-0.2, -0.15) is 0 Å². The number of hydrogen-bond acceptors (Lipinski definition) is 4. The summed E-state index contributed by atoms with van der Waals surface area (Å²) >= 11 is 0. The maximum absolute atomic E-state index is 12.7. The predicted octanol–water partition coefficient (Wildman–Crippen LogP) is 6.67. The summed E-state index contributed by atoms with van der Waals surface area (Å²) in [5.74, 6) is 0.534. The summed E-state index contributed by atoms with van der Waals surface area (Å²) < 4.78 is 11.4. The van der Waals surface area contributed by atoms with Crippen molar-refractivity contribution in [3.8, 4) is 0 Å². The van der Waals surface area contributed by atoms with Crippen LogP contribution in [0.2, 0.25) is 0 Å². The number of piperidine rings is 1. The van der Waals surface area contributed by atoms with Gasteiger partial charge in [-0.1, -0.05) is 75.9 Å². The number of carbonyl (C=O) groups excluding carboxylic acids is 2. The molecule has 0 atom stereocenters. The summed E-state index contributed by atoms with van der Waals surface area (Å²) in [6.45, 7) is 7.97. The Bertz CT molecular complexity index is 706. The maximum atomic E-state index is 12.7. The molecule has 0 radical (unpaired) electrons. The van der Waals surface area contributed by atoms with Gasteiger partial charge in [0.1, 0.15) is 0 Å². The molecule has 0 aromatic heterocycles. The molecule has 1 spiro atoms. The van der Waals surface area contributed by atoms with Crippen LogP contribution >= 0.6 is 0 Å². The van der Waals surface area contributed by atoms with Gasteiger partial charge in [-0.05, 0) is 45.4 Å². The van der Waals surface area contributed by atoms with E-state index in [2.05, 4.69) is 17.9 Å². The predicted molar refractivity (Wildman–Crippen MR) is 154 cm³/mol. The van der Waals surface area contributed by atoms with Gasteiger partial charge in [0.25, 0.3) is 0 Å². The number of ether oxygens (including phenoxy) is 2. The number of amides is 2. The van der Waals surface area contributed by atoms with Crippen LogP contribution in [0.3, 0.4) is 0 Å². The molecular weight excluding hydrogens is 476 g/mol. The zero-order valence-corrected chi connectivity index (χ0v) is 24.5. The van der Waals surface area contributed by atoms with Gasteiger partial charge in [-0.15, -0.1) is 0 Å². The first kappa shape index (κ1) is 31.1. The van der Waals surface area contributed by atoms with E-state index in [1.165, 1.54) is 82.6 Å². The van der Waals surface area contributed by atoms with Gasteiger partial charge in [0, 0.05) is 38.0 Å². The Balaban J connectivity index is 1.34. The lowest BCUT2D eigenvalue weighted by molar-refractivity contribution is -0.151. The smallest absolute Gasteiger partial charge is 0.224 e. The first-order valence-electron chi connectivity index (χ1n) is 15.9. The van der Waals surface area contributed by atoms with Crippen molar-refractivity contribution in [2.75, 3.05) is 52.6 Å². The molecule has 0 unspecified atom stereocenters. The molecule has 5 heterocycles. The van der Waals surface area contributed by atoms with Crippen molar-refractivity contribution in [3.63, 3.8) is 0 Å². The van der Waals surface area contributed by atoms with E-state index in [0.717, 1.165) is 58.5 Å². The maximum Gasteiger partial charge on any atom is 0.224 e. The third-order valence-electron chi connectivity index (χ3n) is 8.89. The fourth-order valence-electron chi connectivity index (χ4n) is 6.16. The average molecular weight is 533 g/mol. The lowest BCUT2D eigenvalue weighted by Gasteiger charge is -2.54. The van der Waals surface area contributed by atoms with Crippen LogP contribution in [0.5, 0.6) is 0 Å². The third kappa shape index (κ3) is 11.8. The normalized spacial score (nSPS) is 26.9. The molecule has 2 fully saturated rings. The minimum atomic E-state index is 0.196. The van der Waals surface area contributed by atoms with Crippen LogP contribution in [0.25, 0.3) is 0 Å². The highest BCUT2D eigenvalue weighted by Crippen LogP contribution is 2.40. The Morgan fingerprint density at radius 1 is 0.605 bits per heavy atom. The third-order valence-corrected chi connectivity index (χ3v) is 8.89. The van der Waals surface area contributed by atoms with Crippen LogP contribution in [0.4, 0.5) is 0 Å². The lowest BCUT2D eigenvalue weighted by atomic mass is 9.72. The van der Waals surface area contributed by atoms with Crippen molar-refractivity contribution in [2.24, 2.45) is 5.41 Å². The second-order valence-corrected chi connectivity index (χ2v) is 12.2. The Morgan fingerprint density at radius 2 is 1.11 bits per heavy atom. The molecule has 2 amide bonds. The molecule has 5 aliphatic rings. The van der Waals surface area contributed by atoms with Gasteiger partial charge >= 0.3 is 0 Å². The summed E-state index contributed by atoms with van der Waals surface area (Å²) in [5, 5.41) is 0. The average Bonchev–Trinajstić information content (AvgIpc) is 2.90. The van der Waals surface area contributed by atoms with Crippen LogP contribution < -0.4 is 0 Å². The molecule has 6 heteroatoms. The molecule has 6 nitrogen and oxygen atoms in total. The Hall–Kier alpha value is -1.40. The van der Waals surface area contributed by atoms with Crippen molar-refractivity contribution < 1.29 is 19.1 Å².